The Bertz CT molecular complexity index is 859. The van der Waals surface area contributed by atoms with Gasteiger partial charge in [-0.3, -0.25) is 0 Å². The summed E-state index contributed by atoms with van der Waals surface area (Å²) in [5.74, 6) is 0.981. The Kier molecular flexibility index (Phi) is 5.61. The van der Waals surface area contributed by atoms with Gasteiger partial charge in [0.25, 0.3) is 0 Å². The lowest BCUT2D eigenvalue weighted by atomic mass is 9.73. The van der Waals surface area contributed by atoms with E-state index in [1.807, 2.05) is 6.07 Å². The molecule has 0 bridgehead atoms. The number of hydrogen-bond donors (Lipinski definition) is 1. The van der Waals surface area contributed by atoms with Crippen LogP contribution in [0.15, 0.2) is 53.8 Å². The van der Waals surface area contributed by atoms with E-state index in [-0.39, 0.29) is 11.5 Å². The lowest BCUT2D eigenvalue weighted by Crippen LogP contribution is -2.47. The average molecular weight is 403 g/mol. The molecule has 8 heteroatoms. The van der Waals surface area contributed by atoms with Gasteiger partial charge in [0, 0.05) is 25.8 Å². The third-order valence-electron chi connectivity index (χ3n) is 5.89. The van der Waals surface area contributed by atoms with Gasteiger partial charge in [0.05, 0.1) is 17.6 Å². The summed E-state index contributed by atoms with van der Waals surface area (Å²) in [5.41, 5.74) is 0.207. The predicted octanol–water partition coefficient (Wildman–Crippen LogP) is 2.22. The zero-order valence-corrected chi connectivity index (χ0v) is 16.6. The summed E-state index contributed by atoms with van der Waals surface area (Å²) >= 11 is 0. The molecule has 7 nitrogen and oxygen atoms in total. The number of nitrogens with zero attached hydrogens (tertiary/aromatic N) is 3. The van der Waals surface area contributed by atoms with Crippen LogP contribution in [-0.4, -0.2) is 50.7 Å². The lowest BCUT2D eigenvalue weighted by Gasteiger charge is -2.46. The van der Waals surface area contributed by atoms with E-state index in [4.69, 9.17) is 4.74 Å². The Labute approximate surface area is 166 Å². The molecule has 2 saturated heterocycles. The molecule has 1 aromatic carbocycles. The van der Waals surface area contributed by atoms with Crippen LogP contribution in [0.4, 0.5) is 5.82 Å². The van der Waals surface area contributed by atoms with Crippen LogP contribution in [0, 0.1) is 5.41 Å². The number of benzene rings is 1. The molecule has 2 aliphatic heterocycles. The summed E-state index contributed by atoms with van der Waals surface area (Å²) in [6, 6.07) is 10.4. The maximum atomic E-state index is 12.4. The first-order chi connectivity index (χ1) is 13.6. The van der Waals surface area contributed by atoms with Gasteiger partial charge in [-0.15, -0.1) is 0 Å². The van der Waals surface area contributed by atoms with Gasteiger partial charge in [0.1, 0.15) is 12.1 Å². The van der Waals surface area contributed by atoms with Crippen molar-refractivity contribution in [2.24, 2.45) is 5.41 Å². The number of piperidine rings is 1. The molecule has 1 aromatic heterocycles. The van der Waals surface area contributed by atoms with Crippen molar-refractivity contribution in [1.82, 2.24) is 14.7 Å². The van der Waals surface area contributed by atoms with Crippen LogP contribution < -0.4 is 9.62 Å². The van der Waals surface area contributed by atoms with E-state index >= 15 is 0 Å². The quantitative estimate of drug-likeness (QED) is 0.826. The maximum absolute atomic E-state index is 12.4. The molecule has 0 amide bonds. The van der Waals surface area contributed by atoms with E-state index in [1.54, 1.807) is 42.9 Å². The zero-order valence-electron chi connectivity index (χ0n) is 15.8. The van der Waals surface area contributed by atoms with E-state index in [0.717, 1.165) is 44.6 Å². The summed E-state index contributed by atoms with van der Waals surface area (Å²) in [7, 11) is -3.48. The molecule has 0 unspecified atom stereocenters. The van der Waals surface area contributed by atoms with Gasteiger partial charge >= 0.3 is 0 Å². The minimum Gasteiger partial charge on any atom is -0.376 e. The summed E-state index contributed by atoms with van der Waals surface area (Å²) < 4.78 is 33.5. The van der Waals surface area contributed by atoms with Crippen LogP contribution in [0.1, 0.15) is 25.7 Å². The van der Waals surface area contributed by atoms with Crippen molar-refractivity contribution >= 4 is 15.8 Å². The minimum absolute atomic E-state index is 0.0657. The summed E-state index contributed by atoms with van der Waals surface area (Å²) in [6.45, 7) is 2.94. The molecule has 1 spiro atoms. The second kappa shape index (κ2) is 8.14. The molecule has 0 radical (unpaired) electrons. The predicted molar refractivity (Wildman–Crippen MR) is 107 cm³/mol. The molecule has 0 saturated carbocycles. The number of rotatable bonds is 5. The van der Waals surface area contributed by atoms with E-state index in [1.165, 1.54) is 0 Å². The van der Waals surface area contributed by atoms with Crippen molar-refractivity contribution in [3.05, 3.63) is 48.9 Å². The Morgan fingerprint density at radius 1 is 1.14 bits per heavy atom. The van der Waals surface area contributed by atoms with Crippen LogP contribution in [0.5, 0.6) is 0 Å². The molecule has 3 heterocycles. The fourth-order valence-corrected chi connectivity index (χ4v) is 5.13. The van der Waals surface area contributed by atoms with Gasteiger partial charge in [0.2, 0.25) is 10.0 Å². The average Bonchev–Trinajstić information content (AvgIpc) is 2.75. The van der Waals surface area contributed by atoms with Gasteiger partial charge in [0.15, 0.2) is 0 Å². The molecule has 0 aliphatic carbocycles. The normalized spacial score (nSPS) is 22.3. The smallest absolute Gasteiger partial charge is 0.240 e. The summed E-state index contributed by atoms with van der Waals surface area (Å²) in [4.78, 5) is 10.9. The number of aromatic nitrogens is 2. The molecule has 4 rings (SSSR count). The topological polar surface area (TPSA) is 84.4 Å². The Morgan fingerprint density at radius 3 is 2.57 bits per heavy atom. The largest absolute Gasteiger partial charge is 0.376 e. The zero-order chi connectivity index (χ0) is 19.5. The van der Waals surface area contributed by atoms with Crippen molar-refractivity contribution in [2.75, 3.05) is 31.1 Å². The third-order valence-corrected chi connectivity index (χ3v) is 7.33. The lowest BCUT2D eigenvalue weighted by molar-refractivity contribution is -0.0690. The van der Waals surface area contributed by atoms with Gasteiger partial charge in [-0.2, -0.15) is 0 Å². The third kappa shape index (κ3) is 4.34. The number of hydrogen-bond acceptors (Lipinski definition) is 6. The Hall–Kier alpha value is -2.03. The van der Waals surface area contributed by atoms with Crippen molar-refractivity contribution in [3.8, 4) is 0 Å². The molecule has 2 aliphatic rings. The molecule has 28 heavy (non-hydrogen) atoms. The Balaban J connectivity index is 1.26. The monoisotopic (exact) mass is 402 g/mol. The van der Waals surface area contributed by atoms with Gasteiger partial charge in [-0.25, -0.2) is 23.1 Å². The van der Waals surface area contributed by atoms with Crippen LogP contribution >= 0.6 is 0 Å². The molecule has 150 valence electrons. The molecule has 2 fully saturated rings. The second-order valence-electron chi connectivity index (χ2n) is 7.69. The first-order valence-electron chi connectivity index (χ1n) is 9.74. The number of anilines is 1. The van der Waals surface area contributed by atoms with E-state index in [2.05, 4.69) is 19.6 Å². The maximum Gasteiger partial charge on any atom is 0.240 e. The first kappa shape index (κ1) is 19.3. The highest BCUT2D eigenvalue weighted by Crippen LogP contribution is 2.41. The minimum atomic E-state index is -3.48. The fraction of sp³-hybridized carbons (Fsp3) is 0.500. The molecular formula is C20H26N4O3S. The second-order valence-corrected chi connectivity index (χ2v) is 9.46. The van der Waals surface area contributed by atoms with Crippen molar-refractivity contribution in [2.45, 2.75) is 36.7 Å². The highest BCUT2D eigenvalue weighted by atomic mass is 32.2. The van der Waals surface area contributed by atoms with Crippen molar-refractivity contribution < 1.29 is 13.2 Å². The molecular weight excluding hydrogens is 376 g/mol. The van der Waals surface area contributed by atoms with Crippen LogP contribution in [0.2, 0.25) is 0 Å². The number of sulfonamides is 1. The number of nitrogens with one attached hydrogen (secondary N) is 1. The van der Waals surface area contributed by atoms with Crippen molar-refractivity contribution in [3.63, 3.8) is 0 Å². The molecule has 2 aromatic rings. The highest BCUT2D eigenvalue weighted by Gasteiger charge is 2.39. The SMILES string of the molecule is O=S(=O)(NC[C@@H]1CCC2(CCN(c3ccncn3)CC2)CO1)c1ccccc1. The van der Waals surface area contributed by atoms with Crippen molar-refractivity contribution in [1.29, 1.82) is 0 Å². The van der Waals surface area contributed by atoms with Gasteiger partial charge in [-0.05, 0) is 49.3 Å². The van der Waals surface area contributed by atoms with E-state index in [0.29, 0.717) is 18.0 Å². The van der Waals surface area contributed by atoms with Crippen LogP contribution in [-0.2, 0) is 14.8 Å². The molecule has 1 N–H and O–H groups in total. The van der Waals surface area contributed by atoms with Gasteiger partial charge in [-0.1, -0.05) is 18.2 Å². The van der Waals surface area contributed by atoms with E-state index in [9.17, 15) is 8.42 Å². The number of ether oxygens (including phenoxy) is 1. The van der Waals surface area contributed by atoms with Crippen LogP contribution in [0.3, 0.4) is 0 Å². The Morgan fingerprint density at radius 2 is 1.93 bits per heavy atom. The first-order valence-corrected chi connectivity index (χ1v) is 11.2. The molecule has 1 atom stereocenters. The van der Waals surface area contributed by atoms with Gasteiger partial charge < -0.3 is 9.64 Å². The summed E-state index contributed by atoms with van der Waals surface area (Å²) in [6.07, 6.45) is 7.39. The summed E-state index contributed by atoms with van der Waals surface area (Å²) in [5, 5.41) is 0. The standard InChI is InChI=1S/C20H26N4O3S/c25-28(26,18-4-2-1-3-5-18)23-14-17-6-8-20(15-27-17)9-12-24(13-10-20)19-7-11-21-16-22-19/h1-5,7,11,16-17,23H,6,8-10,12-15H2/t17-/m0/s1. The van der Waals surface area contributed by atoms with Crippen LogP contribution in [0.25, 0.3) is 0 Å². The van der Waals surface area contributed by atoms with E-state index < -0.39 is 10.0 Å². The fourth-order valence-electron chi connectivity index (χ4n) is 4.04. The highest BCUT2D eigenvalue weighted by molar-refractivity contribution is 7.89.